The van der Waals surface area contributed by atoms with Crippen LogP contribution in [-0.2, 0) is 41.6 Å². The van der Waals surface area contributed by atoms with Gasteiger partial charge < -0.3 is 52.1 Å². The maximum atomic E-state index is 12.4. The molecule has 10 bridgehead atoms. The molecule has 61 heavy (non-hydrogen) atoms. The first-order chi connectivity index (χ1) is 29.6. The number of esters is 1. The van der Waals surface area contributed by atoms with E-state index in [-0.39, 0.29) is 25.6 Å². The molecule has 0 saturated carbocycles. The van der Waals surface area contributed by atoms with Gasteiger partial charge in [-0.25, -0.2) is 0 Å². The normalized spacial score (nSPS) is 12.0. The van der Waals surface area contributed by atoms with E-state index in [0.717, 1.165) is 55.6 Å². The number of hydrogen-bond acceptors (Lipinski definition) is 12. The summed E-state index contributed by atoms with van der Waals surface area (Å²) < 4.78 is 65.7. The minimum atomic E-state index is -0.339. The lowest BCUT2D eigenvalue weighted by Crippen LogP contribution is -2.11. The van der Waals surface area contributed by atoms with Crippen LogP contribution < -0.4 is 47.4 Å². The molecule has 0 radical (unpaired) electrons. The van der Waals surface area contributed by atoms with Crippen molar-refractivity contribution in [3.05, 3.63) is 116 Å². The van der Waals surface area contributed by atoms with Crippen LogP contribution in [0.3, 0.4) is 0 Å². The van der Waals surface area contributed by atoms with Crippen LogP contribution in [0.25, 0.3) is 0 Å². The zero-order valence-corrected chi connectivity index (χ0v) is 36.8. The third-order valence-electron chi connectivity index (χ3n) is 11.0. The van der Waals surface area contributed by atoms with Crippen molar-refractivity contribution >= 4 is 5.97 Å². The molecule has 10 aliphatic carbocycles. The maximum absolute atomic E-state index is 12.4. The molecule has 0 saturated heterocycles. The van der Waals surface area contributed by atoms with Gasteiger partial charge in [-0.1, -0.05) is 0 Å². The zero-order chi connectivity index (χ0) is 43.6. The minimum Gasteiger partial charge on any atom is -0.496 e. The van der Waals surface area contributed by atoms with E-state index in [9.17, 15) is 4.79 Å². The van der Waals surface area contributed by atoms with E-state index in [1.807, 2.05) is 60.7 Å². The fraction of sp³-hybridized carbons (Fsp3) is 0.367. The molecule has 0 aromatic heterocycles. The van der Waals surface area contributed by atoms with Gasteiger partial charge in [0.2, 0.25) is 0 Å². The second-order valence-corrected chi connectivity index (χ2v) is 14.5. The summed E-state index contributed by atoms with van der Waals surface area (Å²) in [4.78, 5) is 12.4. The molecule has 5 aromatic rings. The van der Waals surface area contributed by atoms with Gasteiger partial charge in [0.15, 0.2) is 0 Å². The highest BCUT2D eigenvalue weighted by Gasteiger charge is 2.23. The maximum Gasteiger partial charge on any atom is 0.309 e. The van der Waals surface area contributed by atoms with Gasteiger partial charge in [-0.3, -0.25) is 4.79 Å². The quantitative estimate of drug-likeness (QED) is 0.0982. The monoisotopic (exact) mass is 836 g/mol. The Morgan fingerprint density at radius 2 is 0.557 bits per heavy atom. The first kappa shape index (κ1) is 44.1. The van der Waals surface area contributed by atoms with Crippen molar-refractivity contribution in [2.24, 2.45) is 0 Å². The molecular formula is C49H56O12. The summed E-state index contributed by atoms with van der Waals surface area (Å²) in [6.07, 6.45) is 2.31. The number of hydrogen-bond donors (Lipinski definition) is 0. The van der Waals surface area contributed by atoms with Gasteiger partial charge in [0, 0.05) is 87.7 Å². The van der Waals surface area contributed by atoms with Crippen molar-refractivity contribution in [1.82, 2.24) is 0 Å². The van der Waals surface area contributed by atoms with Crippen LogP contribution in [-0.4, -0.2) is 83.2 Å². The van der Waals surface area contributed by atoms with E-state index in [4.69, 9.17) is 52.1 Å². The largest absolute Gasteiger partial charge is 0.496 e. The van der Waals surface area contributed by atoms with Crippen LogP contribution in [0.4, 0.5) is 0 Å². The van der Waals surface area contributed by atoms with E-state index in [1.54, 1.807) is 70.9 Å². The molecule has 0 spiro atoms. The molecule has 5 aromatic carbocycles. The summed E-state index contributed by atoms with van der Waals surface area (Å²) in [7, 11) is 14.9. The van der Waals surface area contributed by atoms with Crippen LogP contribution in [0.5, 0.6) is 57.5 Å². The van der Waals surface area contributed by atoms with Gasteiger partial charge in [0.1, 0.15) is 57.5 Å². The molecule has 0 heterocycles. The summed E-state index contributed by atoms with van der Waals surface area (Å²) in [6.45, 7) is 2.18. The predicted octanol–water partition coefficient (Wildman–Crippen LogP) is 8.36. The number of carbonyl (C=O) groups excluding carboxylic acids is 1. The summed E-state index contributed by atoms with van der Waals surface area (Å²) >= 11 is 0. The van der Waals surface area contributed by atoms with Gasteiger partial charge in [-0.05, 0) is 67.6 Å². The van der Waals surface area contributed by atoms with Gasteiger partial charge in [0.25, 0.3) is 0 Å². The van der Waals surface area contributed by atoms with Gasteiger partial charge >= 0.3 is 5.97 Å². The third kappa shape index (κ3) is 9.80. The molecule has 0 fully saturated rings. The smallest absolute Gasteiger partial charge is 0.309 e. The number of rotatable bonds is 14. The lowest BCUT2D eigenvalue weighted by Gasteiger charge is -2.20. The van der Waals surface area contributed by atoms with Gasteiger partial charge in [-0.15, -0.1) is 0 Å². The molecule has 0 aliphatic heterocycles. The molecule has 324 valence electrons. The molecular weight excluding hydrogens is 781 g/mol. The Morgan fingerprint density at radius 3 is 0.754 bits per heavy atom. The van der Waals surface area contributed by atoms with E-state index < -0.39 is 0 Å². The van der Waals surface area contributed by atoms with Crippen molar-refractivity contribution in [2.75, 3.05) is 77.2 Å². The fourth-order valence-corrected chi connectivity index (χ4v) is 7.95. The lowest BCUT2D eigenvalue weighted by molar-refractivity contribution is -0.143. The van der Waals surface area contributed by atoms with Crippen LogP contribution in [0, 0.1) is 0 Å². The van der Waals surface area contributed by atoms with Crippen LogP contribution in [0.1, 0.15) is 69.0 Å². The highest BCUT2D eigenvalue weighted by atomic mass is 16.5. The number of methoxy groups -OCH3 is 9. The second kappa shape index (κ2) is 20.2. The Kier molecular flexibility index (Phi) is 14.6. The van der Waals surface area contributed by atoms with Gasteiger partial charge in [0.05, 0.1) is 83.6 Å². The molecule has 12 heteroatoms. The van der Waals surface area contributed by atoms with Crippen LogP contribution in [0.15, 0.2) is 60.7 Å². The summed E-state index contributed by atoms with van der Waals surface area (Å²) in [6, 6.07) is 19.9. The zero-order valence-electron chi connectivity index (χ0n) is 36.8. The van der Waals surface area contributed by atoms with Crippen molar-refractivity contribution < 1.29 is 56.9 Å². The lowest BCUT2D eigenvalue weighted by atomic mass is 9.94. The van der Waals surface area contributed by atoms with Crippen molar-refractivity contribution in [2.45, 2.75) is 45.4 Å². The molecule has 0 atom stereocenters. The molecule has 10 aliphatic rings. The average molecular weight is 837 g/mol. The van der Waals surface area contributed by atoms with E-state index in [1.165, 1.54) is 0 Å². The number of benzene rings is 5. The Hall–Kier alpha value is -6.43. The fourth-order valence-electron chi connectivity index (χ4n) is 7.95. The molecule has 15 rings (SSSR count). The Balaban J connectivity index is 1.59. The molecule has 0 N–H and O–H groups in total. The van der Waals surface area contributed by atoms with E-state index in [0.29, 0.717) is 89.6 Å². The highest BCUT2D eigenvalue weighted by molar-refractivity contribution is 5.69. The average Bonchev–Trinajstić information content (AvgIpc) is 3.27. The first-order valence-corrected chi connectivity index (χ1v) is 20.1. The topological polar surface area (TPSA) is 119 Å². The van der Waals surface area contributed by atoms with Crippen LogP contribution in [0.2, 0.25) is 0 Å². The predicted molar refractivity (Wildman–Crippen MR) is 232 cm³/mol. The standard InChI is InChI=1S/C49H56O12/c1-11-60-49(50)12-13-61-48-28-37-17-35-25-43(55-6)33(23-44(35)56-7)15-31-21-39(51-2)29(19-40(31)52-3)14-30-20-42(54-5)32(22-41(30)53-4)16-34-24-46(58-9)36(26-45(34)57-8)18-38(48)27-47(37)59-10/h19-28H,11-18H2,1-10H3. The van der Waals surface area contributed by atoms with Crippen molar-refractivity contribution in [3.63, 3.8) is 0 Å². The number of carbonyl (C=O) groups is 1. The highest BCUT2D eigenvalue weighted by Crippen LogP contribution is 2.42. The molecule has 0 amide bonds. The Morgan fingerprint density at radius 1 is 0.361 bits per heavy atom. The second-order valence-electron chi connectivity index (χ2n) is 14.5. The van der Waals surface area contributed by atoms with E-state index >= 15 is 0 Å². The molecule has 0 unspecified atom stereocenters. The summed E-state index contributed by atoms with van der Waals surface area (Å²) in [5, 5.41) is 0. The number of ether oxygens (including phenoxy) is 11. The summed E-state index contributed by atoms with van der Waals surface area (Å²) in [5.41, 5.74) is 8.78. The van der Waals surface area contributed by atoms with Crippen LogP contribution >= 0.6 is 0 Å². The SMILES string of the molecule is CCOC(=O)CCOc1cc2c(OC)cc1Cc1cc(OC)c(cc1OC)Cc1cc(OC)c(cc1OC)Cc1cc(OC)c(cc1OC)Cc1cc(OC)c(cc1OC)C2. The van der Waals surface area contributed by atoms with Gasteiger partial charge in [-0.2, -0.15) is 0 Å². The molecule has 12 nitrogen and oxygen atoms in total. The minimum absolute atomic E-state index is 0.0849. The first-order valence-electron chi connectivity index (χ1n) is 20.1. The summed E-state index contributed by atoms with van der Waals surface area (Å²) in [5.74, 6) is 6.33. The van der Waals surface area contributed by atoms with Crippen molar-refractivity contribution in [1.29, 1.82) is 0 Å². The Labute approximate surface area is 358 Å². The van der Waals surface area contributed by atoms with E-state index in [2.05, 4.69) is 0 Å². The Bertz CT molecular complexity index is 2350. The third-order valence-corrected chi connectivity index (χ3v) is 11.0. The van der Waals surface area contributed by atoms with Crippen molar-refractivity contribution in [3.8, 4) is 57.5 Å².